The lowest BCUT2D eigenvalue weighted by Crippen LogP contribution is -2.05. The number of ether oxygens (including phenoxy) is 1. The van der Waals surface area contributed by atoms with Crippen molar-refractivity contribution in [2.45, 2.75) is 6.54 Å². The van der Waals surface area contributed by atoms with E-state index >= 15 is 0 Å². The third-order valence-electron chi connectivity index (χ3n) is 2.95. The minimum atomic E-state index is -0.0612. The third kappa shape index (κ3) is 4.65. The van der Waals surface area contributed by atoms with Gasteiger partial charge in [-0.2, -0.15) is 0 Å². The second-order valence-electron chi connectivity index (χ2n) is 4.43. The molecule has 0 aliphatic rings. The van der Waals surface area contributed by atoms with Crippen molar-refractivity contribution >= 4 is 17.4 Å². The molecule has 0 aromatic heterocycles. The number of methoxy groups -OCH3 is 1. The van der Waals surface area contributed by atoms with Gasteiger partial charge in [-0.05, 0) is 42.0 Å². The molecule has 0 fully saturated rings. The number of hydrogen-bond donors (Lipinski definition) is 1. The second kappa shape index (κ2) is 7.50. The second-order valence-corrected chi connectivity index (χ2v) is 4.87. The van der Waals surface area contributed by atoms with Crippen LogP contribution in [0.1, 0.15) is 15.9 Å². The fourth-order valence-corrected chi connectivity index (χ4v) is 1.89. The normalized spacial score (nSPS) is 10.6. The predicted molar refractivity (Wildman–Crippen MR) is 84.8 cm³/mol. The number of allylic oxidation sites excluding steroid dienone is 1. The van der Waals surface area contributed by atoms with Gasteiger partial charge in [-0.15, -0.1) is 0 Å². The molecule has 3 nitrogen and oxygen atoms in total. The summed E-state index contributed by atoms with van der Waals surface area (Å²) in [5.74, 6) is 0.765. The molecule has 0 atom stereocenters. The number of nitrogens with one attached hydrogen (secondary N) is 1. The number of hydrogen-bond acceptors (Lipinski definition) is 3. The van der Waals surface area contributed by atoms with Crippen molar-refractivity contribution in [3.8, 4) is 5.75 Å². The van der Waals surface area contributed by atoms with Crippen LogP contribution in [-0.4, -0.2) is 12.9 Å². The number of carbonyl (C=O) groups excluding carboxylic acids is 1. The van der Waals surface area contributed by atoms with Crippen LogP contribution in [0.3, 0.4) is 0 Å². The Morgan fingerprint density at radius 2 is 1.81 bits per heavy atom. The van der Waals surface area contributed by atoms with Crippen LogP contribution in [0, 0.1) is 0 Å². The lowest BCUT2D eigenvalue weighted by Gasteiger charge is -2.03. The molecule has 0 aliphatic carbocycles. The Balaban J connectivity index is 1.84. The highest BCUT2D eigenvalue weighted by atomic mass is 35.5. The molecule has 2 aromatic carbocycles. The molecule has 0 saturated carbocycles. The van der Waals surface area contributed by atoms with Gasteiger partial charge in [-0.3, -0.25) is 4.79 Å². The summed E-state index contributed by atoms with van der Waals surface area (Å²) in [5.41, 5.74) is 1.72. The minimum Gasteiger partial charge on any atom is -0.497 e. The number of halogens is 1. The zero-order valence-corrected chi connectivity index (χ0v) is 12.4. The van der Waals surface area contributed by atoms with Crippen molar-refractivity contribution in [1.82, 2.24) is 5.32 Å². The molecule has 2 rings (SSSR count). The van der Waals surface area contributed by atoms with E-state index in [0.717, 1.165) is 11.3 Å². The third-order valence-corrected chi connectivity index (χ3v) is 3.20. The average molecular weight is 302 g/mol. The minimum absolute atomic E-state index is 0.0612. The maximum Gasteiger partial charge on any atom is 0.187 e. The van der Waals surface area contributed by atoms with E-state index in [0.29, 0.717) is 17.1 Å². The molecule has 0 amide bonds. The molecule has 0 spiro atoms. The molecular weight excluding hydrogens is 286 g/mol. The highest BCUT2D eigenvalue weighted by Crippen LogP contribution is 2.11. The lowest BCUT2D eigenvalue weighted by atomic mass is 10.1. The van der Waals surface area contributed by atoms with Crippen LogP contribution in [0.15, 0.2) is 60.8 Å². The first kappa shape index (κ1) is 15.1. The zero-order chi connectivity index (χ0) is 15.1. The van der Waals surface area contributed by atoms with E-state index in [2.05, 4.69) is 5.32 Å². The van der Waals surface area contributed by atoms with E-state index in [1.165, 1.54) is 6.08 Å². The fourth-order valence-electron chi connectivity index (χ4n) is 1.77. The van der Waals surface area contributed by atoms with E-state index in [1.807, 2.05) is 24.3 Å². The van der Waals surface area contributed by atoms with E-state index in [4.69, 9.17) is 16.3 Å². The maximum absolute atomic E-state index is 11.9. The van der Waals surface area contributed by atoms with E-state index in [9.17, 15) is 4.79 Å². The quantitative estimate of drug-likeness (QED) is 0.651. The summed E-state index contributed by atoms with van der Waals surface area (Å²) >= 11 is 5.78. The van der Waals surface area contributed by atoms with Crippen molar-refractivity contribution in [1.29, 1.82) is 0 Å². The topological polar surface area (TPSA) is 38.3 Å². The van der Waals surface area contributed by atoms with Crippen molar-refractivity contribution in [2.75, 3.05) is 7.11 Å². The summed E-state index contributed by atoms with van der Waals surface area (Å²) in [4.78, 5) is 11.9. The van der Waals surface area contributed by atoms with Gasteiger partial charge in [0.15, 0.2) is 5.78 Å². The van der Waals surface area contributed by atoms with Crippen LogP contribution < -0.4 is 10.1 Å². The molecule has 0 radical (unpaired) electrons. The summed E-state index contributed by atoms with van der Waals surface area (Å²) in [5, 5.41) is 3.70. The van der Waals surface area contributed by atoms with Crippen molar-refractivity contribution in [3.05, 3.63) is 77.0 Å². The van der Waals surface area contributed by atoms with Crippen LogP contribution in [0.25, 0.3) is 0 Å². The molecule has 0 unspecified atom stereocenters. The van der Waals surface area contributed by atoms with E-state index < -0.39 is 0 Å². The largest absolute Gasteiger partial charge is 0.497 e. The molecule has 4 heteroatoms. The van der Waals surface area contributed by atoms with Gasteiger partial charge in [0.1, 0.15) is 5.75 Å². The fraction of sp³-hybridized carbons (Fsp3) is 0.118. The summed E-state index contributed by atoms with van der Waals surface area (Å²) in [7, 11) is 1.64. The van der Waals surface area contributed by atoms with Gasteiger partial charge in [0.2, 0.25) is 0 Å². The Morgan fingerprint density at radius 1 is 1.14 bits per heavy atom. The number of ketones is 1. The number of carbonyl (C=O) groups is 1. The molecular formula is C17H16ClNO2. The Morgan fingerprint density at radius 3 is 2.43 bits per heavy atom. The number of rotatable bonds is 6. The zero-order valence-electron chi connectivity index (χ0n) is 11.7. The summed E-state index contributed by atoms with van der Waals surface area (Å²) in [6.07, 6.45) is 3.16. The molecule has 0 bridgehead atoms. The molecule has 108 valence electrons. The van der Waals surface area contributed by atoms with Crippen molar-refractivity contribution < 1.29 is 9.53 Å². The van der Waals surface area contributed by atoms with Gasteiger partial charge in [-0.1, -0.05) is 23.7 Å². The van der Waals surface area contributed by atoms with Crippen molar-refractivity contribution in [3.63, 3.8) is 0 Å². The summed E-state index contributed by atoms with van der Waals surface area (Å²) in [6, 6.07) is 14.6. The van der Waals surface area contributed by atoms with Crippen LogP contribution in [0.2, 0.25) is 5.02 Å². The lowest BCUT2D eigenvalue weighted by molar-refractivity contribution is 0.104. The maximum atomic E-state index is 11.9. The Bertz CT molecular complexity index is 618. The molecule has 0 aliphatic heterocycles. The first-order valence-electron chi connectivity index (χ1n) is 6.52. The highest BCUT2D eigenvalue weighted by molar-refractivity contribution is 6.30. The molecule has 1 N–H and O–H groups in total. The van der Waals surface area contributed by atoms with Gasteiger partial charge in [0, 0.05) is 29.4 Å². The SMILES string of the molecule is COc1ccc(CNC=CC(=O)c2ccc(Cl)cc2)cc1. The van der Waals surface area contributed by atoms with Gasteiger partial charge in [0.05, 0.1) is 7.11 Å². The predicted octanol–water partition coefficient (Wildman–Crippen LogP) is 3.83. The molecule has 2 aromatic rings. The van der Waals surface area contributed by atoms with Crippen LogP contribution in [0.4, 0.5) is 0 Å². The molecule has 0 saturated heterocycles. The van der Waals surface area contributed by atoms with Gasteiger partial charge in [0.25, 0.3) is 0 Å². The van der Waals surface area contributed by atoms with Gasteiger partial charge < -0.3 is 10.1 Å². The molecule has 0 heterocycles. The van der Waals surface area contributed by atoms with Gasteiger partial charge >= 0.3 is 0 Å². The monoisotopic (exact) mass is 301 g/mol. The average Bonchev–Trinajstić information content (AvgIpc) is 2.52. The highest BCUT2D eigenvalue weighted by Gasteiger charge is 2.00. The first-order chi connectivity index (χ1) is 10.2. The van der Waals surface area contributed by atoms with Gasteiger partial charge in [-0.25, -0.2) is 0 Å². The summed E-state index contributed by atoms with van der Waals surface area (Å²) in [6.45, 7) is 0.647. The van der Waals surface area contributed by atoms with Crippen LogP contribution in [0.5, 0.6) is 5.75 Å². The Kier molecular flexibility index (Phi) is 5.41. The van der Waals surface area contributed by atoms with E-state index in [-0.39, 0.29) is 5.78 Å². The Labute approximate surface area is 129 Å². The Hall–Kier alpha value is -2.26. The molecule has 21 heavy (non-hydrogen) atoms. The first-order valence-corrected chi connectivity index (χ1v) is 6.89. The van der Waals surface area contributed by atoms with Crippen LogP contribution >= 0.6 is 11.6 Å². The number of benzene rings is 2. The standard InChI is InChI=1S/C17H16ClNO2/c1-21-16-8-2-13(3-9-16)12-19-11-10-17(20)14-4-6-15(18)7-5-14/h2-11,19H,12H2,1H3. The van der Waals surface area contributed by atoms with Crippen molar-refractivity contribution in [2.24, 2.45) is 0 Å². The summed E-state index contributed by atoms with van der Waals surface area (Å²) < 4.78 is 5.10. The smallest absolute Gasteiger partial charge is 0.187 e. The van der Waals surface area contributed by atoms with E-state index in [1.54, 1.807) is 37.6 Å². The van der Waals surface area contributed by atoms with Crippen LogP contribution in [-0.2, 0) is 6.54 Å².